The Labute approximate surface area is 150 Å². The predicted molar refractivity (Wildman–Crippen MR) is 96.5 cm³/mol. The number of hydrogen-bond acceptors (Lipinski definition) is 3. The summed E-state index contributed by atoms with van der Waals surface area (Å²) in [5, 5.41) is 0. The van der Waals surface area contributed by atoms with Gasteiger partial charge >= 0.3 is 0 Å². The molecule has 2 atom stereocenters. The van der Waals surface area contributed by atoms with E-state index in [0.717, 1.165) is 31.4 Å². The van der Waals surface area contributed by atoms with Crippen LogP contribution >= 0.6 is 0 Å². The minimum absolute atomic E-state index is 0.114. The van der Waals surface area contributed by atoms with Crippen molar-refractivity contribution in [1.29, 1.82) is 0 Å². The maximum Gasteiger partial charge on any atom is 0.184 e. The largest absolute Gasteiger partial charge is 0.378 e. The molecule has 25 heavy (non-hydrogen) atoms. The molecule has 3 rings (SSSR count). The highest BCUT2D eigenvalue weighted by Gasteiger charge is 2.36. The van der Waals surface area contributed by atoms with Gasteiger partial charge in [-0.25, -0.2) is 4.39 Å². The summed E-state index contributed by atoms with van der Waals surface area (Å²) in [5.41, 5.74) is 0.933. The highest BCUT2D eigenvalue weighted by atomic mass is 19.1. The topological polar surface area (TPSA) is 27.7 Å². The van der Waals surface area contributed by atoms with Crippen LogP contribution in [0.1, 0.15) is 75.7 Å². The molecule has 2 heterocycles. The van der Waals surface area contributed by atoms with Gasteiger partial charge < -0.3 is 14.2 Å². The Kier molecular flexibility index (Phi) is 6.48. The van der Waals surface area contributed by atoms with E-state index in [9.17, 15) is 4.39 Å². The Morgan fingerprint density at radius 1 is 0.960 bits per heavy atom. The van der Waals surface area contributed by atoms with Crippen LogP contribution in [0.5, 0.6) is 0 Å². The molecule has 0 spiro atoms. The summed E-state index contributed by atoms with van der Waals surface area (Å²) in [6, 6.07) is 8.37. The van der Waals surface area contributed by atoms with E-state index in [1.165, 1.54) is 18.4 Å². The molecule has 0 aromatic heterocycles. The van der Waals surface area contributed by atoms with Crippen molar-refractivity contribution in [1.82, 2.24) is 0 Å². The number of benzene rings is 1. The van der Waals surface area contributed by atoms with E-state index in [1.54, 1.807) is 0 Å². The van der Waals surface area contributed by atoms with Crippen molar-refractivity contribution < 1.29 is 18.6 Å². The molecule has 1 aromatic carbocycles. The lowest BCUT2D eigenvalue weighted by atomic mass is 9.90. The van der Waals surface area contributed by atoms with Gasteiger partial charge in [0, 0.05) is 11.5 Å². The molecule has 2 aliphatic heterocycles. The second-order valence-corrected chi connectivity index (χ2v) is 7.54. The van der Waals surface area contributed by atoms with Gasteiger partial charge in [0.15, 0.2) is 12.0 Å². The summed E-state index contributed by atoms with van der Waals surface area (Å²) in [6.07, 6.45) is 5.94. The van der Waals surface area contributed by atoms with Gasteiger partial charge in [-0.3, -0.25) is 0 Å². The summed E-state index contributed by atoms with van der Waals surface area (Å²) < 4.78 is 31.7. The van der Waals surface area contributed by atoms with Crippen LogP contribution in [-0.2, 0) is 14.2 Å². The van der Waals surface area contributed by atoms with Crippen molar-refractivity contribution in [3.8, 4) is 0 Å². The van der Waals surface area contributed by atoms with Gasteiger partial charge in [0.2, 0.25) is 0 Å². The molecular weight excluding hydrogens is 319 g/mol. The Morgan fingerprint density at radius 3 is 2.20 bits per heavy atom. The summed E-state index contributed by atoms with van der Waals surface area (Å²) in [5.74, 6) is 0.471. The molecule has 0 N–H and O–H groups in total. The van der Waals surface area contributed by atoms with Gasteiger partial charge in [-0.1, -0.05) is 51.0 Å². The molecule has 0 radical (unpaired) electrons. The fourth-order valence-corrected chi connectivity index (χ4v) is 3.87. The van der Waals surface area contributed by atoms with E-state index in [-0.39, 0.29) is 13.2 Å². The van der Waals surface area contributed by atoms with Crippen LogP contribution in [0.3, 0.4) is 0 Å². The molecule has 1 aromatic rings. The summed E-state index contributed by atoms with van der Waals surface area (Å²) in [4.78, 5) is 0. The van der Waals surface area contributed by atoms with Gasteiger partial charge in [0.25, 0.3) is 0 Å². The third-order valence-electron chi connectivity index (χ3n) is 5.35. The van der Waals surface area contributed by atoms with Crippen molar-refractivity contribution >= 4 is 0 Å². The predicted octanol–water partition coefficient (Wildman–Crippen LogP) is 5.30. The molecule has 0 aliphatic carbocycles. The Balaban J connectivity index is 1.53. The van der Waals surface area contributed by atoms with Crippen LogP contribution in [0, 0.1) is 0 Å². The molecule has 2 fully saturated rings. The van der Waals surface area contributed by atoms with Crippen LogP contribution in [0.15, 0.2) is 24.3 Å². The van der Waals surface area contributed by atoms with E-state index in [2.05, 4.69) is 19.1 Å². The first-order valence-corrected chi connectivity index (χ1v) is 9.77. The molecule has 0 saturated carbocycles. The Bertz CT molecular complexity index is 514. The number of hydrogen-bond donors (Lipinski definition) is 0. The zero-order valence-corrected chi connectivity index (χ0v) is 15.5. The average Bonchev–Trinajstić information content (AvgIpc) is 2.64. The lowest BCUT2D eigenvalue weighted by molar-refractivity contribution is -0.238. The van der Waals surface area contributed by atoms with Crippen molar-refractivity contribution in [2.75, 3.05) is 19.8 Å². The van der Waals surface area contributed by atoms with E-state index in [1.807, 2.05) is 19.1 Å². The zero-order valence-electron chi connectivity index (χ0n) is 15.5. The zero-order chi connectivity index (χ0) is 17.7. The fourth-order valence-electron chi connectivity index (χ4n) is 3.87. The minimum Gasteiger partial charge on any atom is -0.378 e. The van der Waals surface area contributed by atoms with Crippen LogP contribution in [0.2, 0.25) is 0 Å². The Hall–Kier alpha value is -0.970. The second kappa shape index (κ2) is 8.61. The van der Waals surface area contributed by atoms with Crippen molar-refractivity contribution in [3.05, 3.63) is 35.4 Å². The SMILES string of the molecule is CCCC1CCC(c2ccc(C3OCC(F)(CCC)CO3)cc2)CO1. The Morgan fingerprint density at radius 2 is 1.64 bits per heavy atom. The first kappa shape index (κ1) is 18.8. The summed E-state index contributed by atoms with van der Waals surface area (Å²) >= 11 is 0. The fraction of sp³-hybridized carbons (Fsp3) is 0.714. The molecule has 2 aliphatic rings. The molecular formula is C21H31FO3. The summed E-state index contributed by atoms with van der Waals surface area (Å²) in [7, 11) is 0. The molecule has 0 amide bonds. The highest BCUT2D eigenvalue weighted by molar-refractivity contribution is 5.26. The number of alkyl halides is 1. The maximum absolute atomic E-state index is 14.4. The quantitative estimate of drug-likeness (QED) is 0.696. The van der Waals surface area contributed by atoms with Crippen LogP contribution < -0.4 is 0 Å². The van der Waals surface area contributed by atoms with Crippen molar-refractivity contribution in [2.24, 2.45) is 0 Å². The van der Waals surface area contributed by atoms with Gasteiger partial charge in [0.05, 0.1) is 25.9 Å². The second-order valence-electron chi connectivity index (χ2n) is 7.54. The number of rotatable bonds is 6. The lowest BCUT2D eigenvalue weighted by Crippen LogP contribution is -2.41. The van der Waals surface area contributed by atoms with Crippen LogP contribution in [-0.4, -0.2) is 31.6 Å². The molecule has 3 nitrogen and oxygen atoms in total. The van der Waals surface area contributed by atoms with Crippen molar-refractivity contribution in [2.45, 2.75) is 76.4 Å². The van der Waals surface area contributed by atoms with Gasteiger partial charge in [-0.05, 0) is 31.2 Å². The van der Waals surface area contributed by atoms with E-state index in [4.69, 9.17) is 14.2 Å². The third kappa shape index (κ3) is 4.81. The maximum atomic E-state index is 14.4. The average molecular weight is 350 g/mol. The normalized spacial score (nSPS) is 33.3. The minimum atomic E-state index is -1.33. The number of ether oxygens (including phenoxy) is 3. The standard InChI is InChI=1S/C21H31FO3/c1-3-5-19-11-10-18(13-23-19)16-6-8-17(9-7-16)20-24-14-21(22,12-4-2)15-25-20/h6-9,18-20H,3-5,10-15H2,1-2H3. The molecule has 140 valence electrons. The van der Waals surface area contributed by atoms with Crippen LogP contribution in [0.25, 0.3) is 0 Å². The highest BCUT2D eigenvalue weighted by Crippen LogP contribution is 2.34. The first-order chi connectivity index (χ1) is 12.1. The first-order valence-electron chi connectivity index (χ1n) is 9.77. The van der Waals surface area contributed by atoms with Crippen LogP contribution in [0.4, 0.5) is 4.39 Å². The number of halogens is 1. The van der Waals surface area contributed by atoms with E-state index < -0.39 is 12.0 Å². The van der Waals surface area contributed by atoms with Crippen molar-refractivity contribution in [3.63, 3.8) is 0 Å². The van der Waals surface area contributed by atoms with Gasteiger partial charge in [-0.15, -0.1) is 0 Å². The smallest absolute Gasteiger partial charge is 0.184 e. The summed E-state index contributed by atoms with van der Waals surface area (Å²) in [6.45, 7) is 5.22. The molecule has 0 bridgehead atoms. The van der Waals surface area contributed by atoms with Gasteiger partial charge in [0.1, 0.15) is 0 Å². The third-order valence-corrected chi connectivity index (χ3v) is 5.35. The van der Waals surface area contributed by atoms with E-state index in [0.29, 0.717) is 18.4 Å². The molecule has 4 heteroatoms. The monoisotopic (exact) mass is 350 g/mol. The van der Waals surface area contributed by atoms with Gasteiger partial charge in [-0.2, -0.15) is 0 Å². The van der Waals surface area contributed by atoms with E-state index >= 15 is 0 Å². The molecule has 2 unspecified atom stereocenters. The molecule has 2 saturated heterocycles. The lowest BCUT2D eigenvalue weighted by Gasteiger charge is -2.34.